The van der Waals surface area contributed by atoms with E-state index in [0.717, 1.165) is 0 Å². The lowest BCUT2D eigenvalue weighted by Crippen LogP contribution is -2.40. The highest BCUT2D eigenvalue weighted by molar-refractivity contribution is 7.89. The lowest BCUT2D eigenvalue weighted by molar-refractivity contribution is -0.114. The highest BCUT2D eigenvalue weighted by atomic mass is 35.5. The number of halogens is 1. The Morgan fingerprint density at radius 3 is 2.63 bits per heavy atom. The van der Waals surface area contributed by atoms with Gasteiger partial charge < -0.3 is 20.5 Å². The average Bonchev–Trinajstić information content (AvgIpc) is 2.75. The number of ether oxygens (including phenoxy) is 1. The van der Waals surface area contributed by atoms with E-state index in [1.165, 1.54) is 10.4 Å². The Balaban J connectivity index is 1.70. The van der Waals surface area contributed by atoms with E-state index in [4.69, 9.17) is 16.3 Å². The minimum Gasteiger partial charge on any atom is -0.392 e. The molecule has 0 spiro atoms. The van der Waals surface area contributed by atoms with Crippen molar-refractivity contribution in [1.82, 2.24) is 4.31 Å². The van der Waals surface area contributed by atoms with Crippen LogP contribution in [-0.2, 0) is 26.2 Å². The first-order valence-corrected chi connectivity index (χ1v) is 11.2. The van der Waals surface area contributed by atoms with Crippen molar-refractivity contribution >= 4 is 38.9 Å². The standard InChI is InChI=1S/C20H24ClN3O5S/c1-14-2-4-16(11-19(14)30(27,28)24-6-8-29-9-7-24)23-20(26)12-22-18-10-15(13-25)3-5-17(18)21/h2-5,10-11,22,25H,6-9,12-13H2,1H3,(H,23,26). The van der Waals surface area contributed by atoms with Crippen LogP contribution < -0.4 is 10.6 Å². The molecule has 162 valence electrons. The van der Waals surface area contributed by atoms with Gasteiger partial charge in [-0.25, -0.2) is 8.42 Å². The van der Waals surface area contributed by atoms with Crippen molar-refractivity contribution in [2.75, 3.05) is 43.5 Å². The fraction of sp³-hybridized carbons (Fsp3) is 0.350. The molecule has 1 aliphatic heterocycles. The molecule has 1 aliphatic rings. The zero-order valence-electron chi connectivity index (χ0n) is 16.5. The topological polar surface area (TPSA) is 108 Å². The second-order valence-corrected chi connectivity index (χ2v) is 9.18. The molecule has 1 heterocycles. The van der Waals surface area contributed by atoms with Gasteiger partial charge in [-0.3, -0.25) is 4.79 Å². The predicted octanol–water partition coefficient (Wildman–Crippen LogP) is 2.21. The van der Waals surface area contributed by atoms with E-state index in [1.807, 2.05) is 0 Å². The Morgan fingerprint density at radius 1 is 1.20 bits per heavy atom. The van der Waals surface area contributed by atoms with Crippen LogP contribution in [0.2, 0.25) is 5.02 Å². The molecule has 2 aromatic rings. The van der Waals surface area contributed by atoms with Gasteiger partial charge in [-0.1, -0.05) is 23.7 Å². The number of carbonyl (C=O) groups is 1. The Hall–Kier alpha value is -2.17. The second kappa shape index (κ2) is 9.76. The van der Waals surface area contributed by atoms with Gasteiger partial charge in [0.15, 0.2) is 0 Å². The second-order valence-electron chi connectivity index (χ2n) is 6.87. The average molecular weight is 454 g/mol. The van der Waals surface area contributed by atoms with Crippen molar-refractivity contribution in [3.05, 3.63) is 52.5 Å². The number of morpholine rings is 1. The van der Waals surface area contributed by atoms with Gasteiger partial charge in [0.05, 0.1) is 42.0 Å². The number of hydrogen-bond donors (Lipinski definition) is 3. The van der Waals surface area contributed by atoms with Gasteiger partial charge in [0.2, 0.25) is 15.9 Å². The number of aliphatic hydroxyl groups excluding tert-OH is 1. The van der Waals surface area contributed by atoms with Crippen molar-refractivity contribution < 1.29 is 23.1 Å². The molecule has 3 N–H and O–H groups in total. The third kappa shape index (κ3) is 5.30. The maximum absolute atomic E-state index is 13.0. The van der Waals surface area contributed by atoms with E-state index in [-0.39, 0.29) is 24.0 Å². The molecule has 0 bridgehead atoms. The molecule has 0 aromatic heterocycles. The SMILES string of the molecule is Cc1ccc(NC(=O)CNc2cc(CO)ccc2Cl)cc1S(=O)(=O)N1CCOCC1. The maximum atomic E-state index is 13.0. The van der Waals surface area contributed by atoms with E-state index in [1.54, 1.807) is 37.3 Å². The normalized spacial score (nSPS) is 15.0. The summed E-state index contributed by atoms with van der Waals surface area (Å²) >= 11 is 6.10. The highest BCUT2D eigenvalue weighted by Gasteiger charge is 2.28. The van der Waals surface area contributed by atoms with Crippen molar-refractivity contribution in [1.29, 1.82) is 0 Å². The summed E-state index contributed by atoms with van der Waals surface area (Å²) in [5.74, 6) is -0.362. The Bertz CT molecular complexity index is 1020. The lowest BCUT2D eigenvalue weighted by atomic mass is 10.2. The number of nitrogens with zero attached hydrogens (tertiary/aromatic N) is 1. The number of sulfonamides is 1. The molecule has 2 aromatic carbocycles. The fourth-order valence-electron chi connectivity index (χ4n) is 3.07. The van der Waals surface area contributed by atoms with Crippen LogP contribution in [0.1, 0.15) is 11.1 Å². The van der Waals surface area contributed by atoms with Gasteiger partial charge in [0, 0.05) is 18.8 Å². The van der Waals surface area contributed by atoms with E-state index < -0.39 is 10.0 Å². The summed E-state index contributed by atoms with van der Waals surface area (Å²) in [5.41, 5.74) is 2.18. The Morgan fingerprint density at radius 2 is 1.93 bits per heavy atom. The van der Waals surface area contributed by atoms with Crippen LogP contribution >= 0.6 is 11.6 Å². The summed E-state index contributed by atoms with van der Waals surface area (Å²) in [6, 6.07) is 9.78. The van der Waals surface area contributed by atoms with Crippen LogP contribution in [0.25, 0.3) is 0 Å². The van der Waals surface area contributed by atoms with E-state index >= 15 is 0 Å². The largest absolute Gasteiger partial charge is 0.392 e. The number of aryl methyl sites for hydroxylation is 1. The van der Waals surface area contributed by atoms with Crippen LogP contribution in [0.5, 0.6) is 0 Å². The molecule has 30 heavy (non-hydrogen) atoms. The van der Waals surface area contributed by atoms with E-state index in [9.17, 15) is 18.3 Å². The molecule has 1 amide bonds. The molecule has 0 aliphatic carbocycles. The highest BCUT2D eigenvalue weighted by Crippen LogP contribution is 2.25. The minimum atomic E-state index is -3.67. The van der Waals surface area contributed by atoms with Crippen LogP contribution in [0.3, 0.4) is 0 Å². The van der Waals surface area contributed by atoms with Crippen LogP contribution in [0.4, 0.5) is 11.4 Å². The number of hydrogen-bond acceptors (Lipinski definition) is 6. The number of aliphatic hydroxyl groups is 1. The smallest absolute Gasteiger partial charge is 0.243 e. The minimum absolute atomic E-state index is 0.0754. The van der Waals surface area contributed by atoms with Gasteiger partial charge in [0.1, 0.15) is 0 Å². The van der Waals surface area contributed by atoms with Gasteiger partial charge in [-0.2, -0.15) is 4.31 Å². The Labute approximate surface area is 180 Å². The van der Waals surface area contributed by atoms with Crippen molar-refractivity contribution in [3.63, 3.8) is 0 Å². The first kappa shape index (κ1) is 22.5. The molecule has 0 unspecified atom stereocenters. The van der Waals surface area contributed by atoms with Crippen LogP contribution in [0.15, 0.2) is 41.3 Å². The third-order valence-corrected chi connectivity index (χ3v) is 7.08. The molecule has 0 saturated carbocycles. The molecular weight excluding hydrogens is 430 g/mol. The van der Waals surface area contributed by atoms with Crippen LogP contribution in [-0.4, -0.2) is 56.6 Å². The fourth-order valence-corrected chi connectivity index (χ4v) is 4.91. The molecule has 3 rings (SSSR count). The molecule has 10 heteroatoms. The number of anilines is 2. The molecule has 0 radical (unpaired) electrons. The molecule has 8 nitrogen and oxygen atoms in total. The summed E-state index contributed by atoms with van der Waals surface area (Å²) in [6.07, 6.45) is 0. The molecule has 1 saturated heterocycles. The zero-order chi connectivity index (χ0) is 21.7. The number of amides is 1. The Kier molecular flexibility index (Phi) is 7.32. The predicted molar refractivity (Wildman–Crippen MR) is 115 cm³/mol. The van der Waals surface area contributed by atoms with E-state index in [0.29, 0.717) is 53.8 Å². The number of carbonyl (C=O) groups excluding carboxylic acids is 1. The van der Waals surface area contributed by atoms with E-state index in [2.05, 4.69) is 10.6 Å². The van der Waals surface area contributed by atoms with Gasteiger partial charge in [-0.05, 0) is 42.3 Å². The number of benzene rings is 2. The quantitative estimate of drug-likeness (QED) is 0.593. The molecule has 1 fully saturated rings. The lowest BCUT2D eigenvalue weighted by Gasteiger charge is -2.26. The van der Waals surface area contributed by atoms with Crippen LogP contribution in [0, 0.1) is 6.92 Å². The molecule has 0 atom stereocenters. The summed E-state index contributed by atoms with van der Waals surface area (Å²) in [5, 5.41) is 15.3. The molecular formula is C20H24ClN3O5S. The van der Waals surface area contributed by atoms with Crippen molar-refractivity contribution in [2.24, 2.45) is 0 Å². The third-order valence-electron chi connectivity index (χ3n) is 4.71. The number of nitrogens with one attached hydrogen (secondary N) is 2. The van der Waals surface area contributed by atoms with Gasteiger partial charge >= 0.3 is 0 Å². The first-order valence-electron chi connectivity index (χ1n) is 9.43. The summed E-state index contributed by atoms with van der Waals surface area (Å²) in [6.45, 7) is 2.83. The van der Waals surface area contributed by atoms with Crippen molar-refractivity contribution in [3.8, 4) is 0 Å². The first-order chi connectivity index (χ1) is 14.3. The zero-order valence-corrected chi connectivity index (χ0v) is 18.1. The van der Waals surface area contributed by atoms with Crippen molar-refractivity contribution in [2.45, 2.75) is 18.4 Å². The summed E-state index contributed by atoms with van der Waals surface area (Å²) < 4.78 is 32.6. The van der Waals surface area contributed by atoms with Gasteiger partial charge in [0.25, 0.3) is 0 Å². The monoisotopic (exact) mass is 453 g/mol. The summed E-state index contributed by atoms with van der Waals surface area (Å²) in [7, 11) is -3.67. The number of rotatable bonds is 7. The summed E-state index contributed by atoms with van der Waals surface area (Å²) in [4.78, 5) is 12.5. The maximum Gasteiger partial charge on any atom is 0.243 e. The van der Waals surface area contributed by atoms with Gasteiger partial charge in [-0.15, -0.1) is 0 Å².